The number of rotatable bonds is 5. The minimum Gasteiger partial charge on any atom is -0.314 e. The lowest BCUT2D eigenvalue weighted by molar-refractivity contribution is 0.439. The molecule has 16 heavy (non-hydrogen) atoms. The molecule has 1 unspecified atom stereocenters. The van der Waals surface area contributed by atoms with E-state index in [4.69, 9.17) is 0 Å². The lowest BCUT2D eigenvalue weighted by atomic mass is 9.88. The first kappa shape index (κ1) is 13.2. The van der Waals surface area contributed by atoms with Crippen LogP contribution in [0.1, 0.15) is 39.2 Å². The molecule has 1 atom stereocenters. The van der Waals surface area contributed by atoms with Crippen molar-refractivity contribution in [3.63, 3.8) is 0 Å². The van der Waals surface area contributed by atoms with Crippen LogP contribution in [-0.2, 0) is 0 Å². The van der Waals surface area contributed by atoms with Crippen molar-refractivity contribution < 1.29 is 4.39 Å². The molecule has 0 aromatic heterocycles. The highest BCUT2D eigenvalue weighted by atomic mass is 19.1. The number of nitrogens with one attached hydrogen (secondary N) is 1. The third kappa shape index (κ3) is 3.93. The van der Waals surface area contributed by atoms with Gasteiger partial charge in [0.2, 0.25) is 0 Å². The Bertz CT molecular complexity index is 320. The second kappa shape index (κ2) is 6.00. The maximum atomic E-state index is 13.2. The molecule has 0 saturated heterocycles. The zero-order valence-corrected chi connectivity index (χ0v) is 10.6. The summed E-state index contributed by atoms with van der Waals surface area (Å²) in [5, 5.41) is 3.42. The number of hydrogen-bond donors (Lipinski definition) is 1. The molecule has 0 aliphatic rings. The average Bonchev–Trinajstić information content (AvgIpc) is 2.17. The highest BCUT2D eigenvalue weighted by molar-refractivity contribution is 5.21. The van der Waals surface area contributed by atoms with E-state index in [-0.39, 0.29) is 5.82 Å². The molecule has 1 aromatic carbocycles. The van der Waals surface area contributed by atoms with E-state index in [2.05, 4.69) is 33.0 Å². The van der Waals surface area contributed by atoms with Crippen molar-refractivity contribution in [1.82, 2.24) is 5.32 Å². The van der Waals surface area contributed by atoms with Gasteiger partial charge in [0, 0.05) is 12.6 Å². The van der Waals surface area contributed by atoms with Crippen molar-refractivity contribution in [2.45, 2.75) is 39.7 Å². The minimum absolute atomic E-state index is 0.146. The molecular weight excluding hydrogens is 201 g/mol. The summed E-state index contributed by atoms with van der Waals surface area (Å²) >= 11 is 0. The van der Waals surface area contributed by atoms with Gasteiger partial charge in [-0.25, -0.2) is 4.39 Å². The maximum Gasteiger partial charge on any atom is 0.123 e. The highest BCUT2D eigenvalue weighted by Crippen LogP contribution is 2.24. The van der Waals surface area contributed by atoms with Gasteiger partial charge in [-0.05, 0) is 29.5 Å². The fraction of sp³-hybridized carbons (Fsp3) is 0.571. The largest absolute Gasteiger partial charge is 0.314 e. The molecule has 0 aliphatic heterocycles. The highest BCUT2D eigenvalue weighted by Gasteiger charge is 2.16. The molecule has 0 bridgehead atoms. The van der Waals surface area contributed by atoms with Crippen LogP contribution in [0, 0.1) is 11.7 Å². The van der Waals surface area contributed by atoms with Gasteiger partial charge >= 0.3 is 0 Å². The van der Waals surface area contributed by atoms with Crippen molar-refractivity contribution >= 4 is 0 Å². The van der Waals surface area contributed by atoms with Crippen molar-refractivity contribution in [3.8, 4) is 0 Å². The van der Waals surface area contributed by atoms with Crippen LogP contribution >= 0.6 is 0 Å². The van der Waals surface area contributed by atoms with Crippen LogP contribution in [0.5, 0.6) is 0 Å². The van der Waals surface area contributed by atoms with E-state index in [0.717, 1.165) is 12.1 Å². The maximum absolute atomic E-state index is 13.2. The van der Waals surface area contributed by atoms with Crippen molar-refractivity contribution in [3.05, 3.63) is 35.6 Å². The third-order valence-corrected chi connectivity index (χ3v) is 2.83. The van der Waals surface area contributed by atoms with E-state index >= 15 is 0 Å². The molecule has 0 aliphatic carbocycles. The van der Waals surface area contributed by atoms with Gasteiger partial charge in [-0.1, -0.05) is 39.8 Å². The van der Waals surface area contributed by atoms with Crippen LogP contribution < -0.4 is 5.32 Å². The van der Waals surface area contributed by atoms with Gasteiger partial charge in [0.1, 0.15) is 5.82 Å². The summed E-state index contributed by atoms with van der Waals surface area (Å²) in [6.45, 7) is 9.51. The first-order chi connectivity index (χ1) is 7.50. The second-order valence-electron chi connectivity index (χ2n) is 4.97. The molecule has 0 spiro atoms. The SMILES string of the molecule is CC(C)NCC(c1cccc(F)c1)C(C)C. The first-order valence-corrected chi connectivity index (χ1v) is 5.99. The quantitative estimate of drug-likeness (QED) is 0.804. The van der Waals surface area contributed by atoms with E-state index < -0.39 is 0 Å². The summed E-state index contributed by atoms with van der Waals surface area (Å²) < 4.78 is 13.2. The van der Waals surface area contributed by atoms with Gasteiger partial charge in [-0.2, -0.15) is 0 Å². The average molecular weight is 223 g/mol. The van der Waals surface area contributed by atoms with Crippen molar-refractivity contribution in [1.29, 1.82) is 0 Å². The Balaban J connectivity index is 2.77. The monoisotopic (exact) mass is 223 g/mol. The predicted octanol–water partition coefficient (Wildman–Crippen LogP) is 3.56. The van der Waals surface area contributed by atoms with Crippen LogP contribution in [-0.4, -0.2) is 12.6 Å². The van der Waals surface area contributed by atoms with E-state index in [1.165, 1.54) is 6.07 Å². The van der Waals surface area contributed by atoms with E-state index in [1.807, 2.05) is 6.07 Å². The minimum atomic E-state index is -0.146. The molecule has 1 aromatic rings. The Morgan fingerprint density at radius 3 is 2.38 bits per heavy atom. The lowest BCUT2D eigenvalue weighted by Crippen LogP contribution is -2.30. The first-order valence-electron chi connectivity index (χ1n) is 5.99. The smallest absolute Gasteiger partial charge is 0.123 e. The molecule has 90 valence electrons. The summed E-state index contributed by atoms with van der Waals surface area (Å²) in [6, 6.07) is 7.41. The van der Waals surface area contributed by atoms with Gasteiger partial charge in [-0.15, -0.1) is 0 Å². The van der Waals surface area contributed by atoms with Crippen LogP contribution in [0.4, 0.5) is 4.39 Å². The molecule has 1 nitrogen and oxygen atoms in total. The van der Waals surface area contributed by atoms with Crippen LogP contribution in [0.2, 0.25) is 0 Å². The number of hydrogen-bond acceptors (Lipinski definition) is 1. The predicted molar refractivity (Wildman–Crippen MR) is 67.1 cm³/mol. The van der Waals surface area contributed by atoms with Crippen LogP contribution in [0.15, 0.2) is 24.3 Å². The van der Waals surface area contributed by atoms with Gasteiger partial charge in [0.15, 0.2) is 0 Å². The molecule has 0 saturated carbocycles. The normalized spacial score (nSPS) is 13.4. The Labute approximate surface area is 98.1 Å². The summed E-state index contributed by atoms with van der Waals surface area (Å²) in [7, 11) is 0. The summed E-state index contributed by atoms with van der Waals surface area (Å²) in [5.41, 5.74) is 1.09. The van der Waals surface area contributed by atoms with Crippen molar-refractivity contribution in [2.75, 3.05) is 6.54 Å². The fourth-order valence-corrected chi connectivity index (χ4v) is 1.84. The molecule has 0 amide bonds. The summed E-state index contributed by atoms with van der Waals surface area (Å²) in [5.74, 6) is 0.735. The Morgan fingerprint density at radius 2 is 1.88 bits per heavy atom. The third-order valence-electron chi connectivity index (χ3n) is 2.83. The summed E-state index contributed by atoms with van der Waals surface area (Å²) in [6.07, 6.45) is 0. The molecule has 0 radical (unpaired) electrons. The second-order valence-corrected chi connectivity index (χ2v) is 4.97. The Morgan fingerprint density at radius 1 is 1.19 bits per heavy atom. The molecule has 1 rings (SSSR count). The van der Waals surface area contributed by atoms with E-state index in [0.29, 0.717) is 17.9 Å². The van der Waals surface area contributed by atoms with E-state index in [9.17, 15) is 4.39 Å². The van der Waals surface area contributed by atoms with Gasteiger partial charge in [-0.3, -0.25) is 0 Å². The van der Waals surface area contributed by atoms with E-state index in [1.54, 1.807) is 12.1 Å². The molecule has 0 fully saturated rings. The zero-order valence-electron chi connectivity index (χ0n) is 10.6. The summed E-state index contributed by atoms with van der Waals surface area (Å²) in [4.78, 5) is 0. The van der Waals surface area contributed by atoms with Gasteiger partial charge in [0.25, 0.3) is 0 Å². The molecular formula is C14H22FN. The van der Waals surface area contributed by atoms with Gasteiger partial charge < -0.3 is 5.32 Å². The topological polar surface area (TPSA) is 12.0 Å². The molecule has 0 heterocycles. The molecule has 2 heteroatoms. The van der Waals surface area contributed by atoms with Crippen molar-refractivity contribution in [2.24, 2.45) is 5.92 Å². The zero-order chi connectivity index (χ0) is 12.1. The number of benzene rings is 1. The van der Waals surface area contributed by atoms with Crippen LogP contribution in [0.25, 0.3) is 0 Å². The standard InChI is InChI=1S/C14H22FN/c1-10(2)14(9-16-11(3)4)12-6-5-7-13(15)8-12/h5-8,10-11,14,16H,9H2,1-4H3. The Kier molecular flexibility index (Phi) is 4.94. The molecule has 1 N–H and O–H groups in total. The number of halogens is 1. The Hall–Kier alpha value is -0.890. The fourth-order valence-electron chi connectivity index (χ4n) is 1.84. The van der Waals surface area contributed by atoms with Gasteiger partial charge in [0.05, 0.1) is 0 Å². The lowest BCUT2D eigenvalue weighted by Gasteiger charge is -2.23. The van der Waals surface area contributed by atoms with Crippen LogP contribution in [0.3, 0.4) is 0 Å².